The normalized spacial score (nSPS) is 17.6. The van der Waals surface area contributed by atoms with Crippen LogP contribution in [0.5, 0.6) is 0 Å². The van der Waals surface area contributed by atoms with Gasteiger partial charge in [-0.2, -0.15) is 0 Å². The van der Waals surface area contributed by atoms with E-state index in [0.29, 0.717) is 6.42 Å². The maximum Gasteiger partial charge on any atom is 0.326 e. The van der Waals surface area contributed by atoms with Crippen molar-refractivity contribution < 1.29 is 39.3 Å². The fourth-order valence-corrected chi connectivity index (χ4v) is 2.62. The second-order valence-corrected chi connectivity index (χ2v) is 7.77. The van der Waals surface area contributed by atoms with Gasteiger partial charge in [-0.25, -0.2) is 4.79 Å². The molecule has 184 valence electrons. The minimum absolute atomic E-state index is 0.197. The Bertz CT molecular complexity index is 685. The van der Waals surface area contributed by atoms with Crippen molar-refractivity contribution in [2.24, 2.45) is 17.4 Å². The Labute approximate surface area is 186 Å². The monoisotopic (exact) mass is 461 g/mol. The van der Waals surface area contributed by atoms with Gasteiger partial charge in [-0.3, -0.25) is 19.2 Å². The summed E-state index contributed by atoms with van der Waals surface area (Å²) in [5.74, 6) is -5.12. The molecule has 0 aliphatic carbocycles. The first-order valence-corrected chi connectivity index (χ1v) is 10.3. The number of carbonyl (C=O) groups is 5. The Kier molecular flexibility index (Phi) is 12.4. The van der Waals surface area contributed by atoms with Gasteiger partial charge in [-0.15, -0.1) is 0 Å². The fourth-order valence-electron chi connectivity index (χ4n) is 2.62. The molecular weight excluding hydrogens is 426 g/mol. The lowest BCUT2D eigenvalue weighted by Crippen LogP contribution is -2.62. The van der Waals surface area contributed by atoms with Crippen LogP contribution in [-0.2, 0) is 24.0 Å². The number of amides is 4. The molecule has 10 N–H and O–H groups in total. The van der Waals surface area contributed by atoms with Gasteiger partial charge in [0.25, 0.3) is 0 Å². The summed E-state index contributed by atoms with van der Waals surface area (Å²) in [5.41, 5.74) is 10.8. The molecule has 0 aromatic heterocycles. The van der Waals surface area contributed by atoms with E-state index in [1.165, 1.54) is 13.8 Å². The highest BCUT2D eigenvalue weighted by atomic mass is 16.4. The minimum Gasteiger partial charge on any atom is -0.480 e. The smallest absolute Gasteiger partial charge is 0.326 e. The lowest BCUT2D eigenvalue weighted by atomic mass is 9.98. The predicted octanol–water partition coefficient (Wildman–Crippen LogP) is -3.07. The molecule has 0 aromatic carbocycles. The topological polar surface area (TPSA) is 234 Å². The van der Waals surface area contributed by atoms with Gasteiger partial charge >= 0.3 is 5.97 Å². The lowest BCUT2D eigenvalue weighted by Gasteiger charge is -2.28. The zero-order chi connectivity index (χ0) is 25.2. The highest BCUT2D eigenvalue weighted by molar-refractivity contribution is 5.94. The molecule has 0 fully saturated rings. The number of nitrogens with two attached hydrogens (primary N) is 2. The molecule has 7 atom stereocenters. The zero-order valence-electron chi connectivity index (χ0n) is 18.7. The molecule has 0 rings (SSSR count). The van der Waals surface area contributed by atoms with E-state index in [0.717, 1.165) is 0 Å². The number of hydrogen-bond donors (Lipinski definition) is 8. The van der Waals surface area contributed by atoms with Crippen LogP contribution in [0, 0.1) is 5.92 Å². The van der Waals surface area contributed by atoms with Crippen LogP contribution >= 0.6 is 0 Å². The molecule has 0 saturated carbocycles. The predicted molar refractivity (Wildman–Crippen MR) is 113 cm³/mol. The first-order valence-electron chi connectivity index (χ1n) is 10.3. The van der Waals surface area contributed by atoms with E-state index in [4.69, 9.17) is 11.5 Å². The van der Waals surface area contributed by atoms with E-state index in [-0.39, 0.29) is 18.8 Å². The van der Waals surface area contributed by atoms with Crippen LogP contribution < -0.4 is 27.4 Å². The first-order chi connectivity index (χ1) is 14.7. The van der Waals surface area contributed by atoms with Gasteiger partial charge in [-0.1, -0.05) is 20.3 Å². The molecule has 0 aliphatic rings. The van der Waals surface area contributed by atoms with Crippen molar-refractivity contribution in [1.29, 1.82) is 0 Å². The number of carbonyl (C=O) groups excluding carboxylic acids is 4. The molecule has 0 radical (unpaired) electrons. The molecule has 13 nitrogen and oxygen atoms in total. The summed E-state index contributed by atoms with van der Waals surface area (Å²) in [7, 11) is 0. The third-order valence-electron chi connectivity index (χ3n) is 4.98. The maximum atomic E-state index is 12.6. The number of aliphatic hydroxyl groups excluding tert-OH is 2. The molecule has 0 saturated heterocycles. The summed E-state index contributed by atoms with van der Waals surface area (Å²) in [6.07, 6.45) is -2.84. The quantitative estimate of drug-likeness (QED) is 0.131. The van der Waals surface area contributed by atoms with Crippen molar-refractivity contribution in [2.45, 2.75) is 83.3 Å². The van der Waals surface area contributed by atoms with Crippen LogP contribution in [0.4, 0.5) is 0 Å². The van der Waals surface area contributed by atoms with E-state index >= 15 is 0 Å². The number of aliphatic carboxylic acids is 1. The van der Waals surface area contributed by atoms with Crippen molar-refractivity contribution in [1.82, 2.24) is 16.0 Å². The number of aliphatic hydroxyl groups is 2. The van der Waals surface area contributed by atoms with E-state index in [9.17, 15) is 39.3 Å². The second kappa shape index (κ2) is 13.6. The molecular formula is C19H35N5O8. The molecule has 0 heterocycles. The Balaban J connectivity index is 5.38. The van der Waals surface area contributed by atoms with Crippen LogP contribution in [0.1, 0.15) is 47.0 Å². The average Bonchev–Trinajstić information content (AvgIpc) is 2.70. The van der Waals surface area contributed by atoms with Gasteiger partial charge < -0.3 is 42.7 Å². The summed E-state index contributed by atoms with van der Waals surface area (Å²) in [6, 6.07) is -5.53. The van der Waals surface area contributed by atoms with Crippen LogP contribution in [0.15, 0.2) is 0 Å². The molecule has 0 bridgehead atoms. The Hall–Kier alpha value is -2.77. The first kappa shape index (κ1) is 29.2. The largest absolute Gasteiger partial charge is 0.480 e. The Morgan fingerprint density at radius 2 is 1.28 bits per heavy atom. The highest BCUT2D eigenvalue weighted by Gasteiger charge is 2.34. The molecule has 0 aromatic rings. The molecule has 32 heavy (non-hydrogen) atoms. The van der Waals surface area contributed by atoms with E-state index in [1.807, 2.05) is 6.92 Å². The standard InChI is InChI=1S/C19H35N5O8/c1-5-8(2)13(21)16(28)23-15(10(4)26)18(30)24-14(9(3)25)17(29)22-11(19(31)32)6-7-12(20)27/h8-11,13-15,25-26H,5-7,21H2,1-4H3,(H2,20,27)(H,22,29)(H,23,28)(H,24,30)(H,31,32). The fraction of sp³-hybridized carbons (Fsp3) is 0.737. The lowest BCUT2D eigenvalue weighted by molar-refractivity contribution is -0.143. The summed E-state index contributed by atoms with van der Waals surface area (Å²) in [4.78, 5) is 59.6. The molecule has 0 spiro atoms. The number of hydrogen-bond acceptors (Lipinski definition) is 8. The van der Waals surface area contributed by atoms with Crippen molar-refractivity contribution in [3.8, 4) is 0 Å². The highest BCUT2D eigenvalue weighted by Crippen LogP contribution is 2.07. The van der Waals surface area contributed by atoms with Crippen LogP contribution in [0.25, 0.3) is 0 Å². The van der Waals surface area contributed by atoms with Gasteiger partial charge in [0, 0.05) is 6.42 Å². The maximum absolute atomic E-state index is 12.6. The summed E-state index contributed by atoms with van der Waals surface area (Å²) >= 11 is 0. The SMILES string of the molecule is CCC(C)C(N)C(=O)NC(C(=O)NC(C(=O)NC(CCC(N)=O)C(=O)O)C(C)O)C(C)O. The minimum atomic E-state index is -1.61. The number of carboxylic acids is 1. The Morgan fingerprint density at radius 1 is 0.844 bits per heavy atom. The van der Waals surface area contributed by atoms with Crippen molar-refractivity contribution in [3.63, 3.8) is 0 Å². The number of primary amides is 1. The van der Waals surface area contributed by atoms with Gasteiger partial charge in [0.05, 0.1) is 18.2 Å². The van der Waals surface area contributed by atoms with E-state index < -0.39 is 66.0 Å². The van der Waals surface area contributed by atoms with E-state index in [1.54, 1.807) is 6.92 Å². The van der Waals surface area contributed by atoms with Gasteiger partial charge in [0.2, 0.25) is 23.6 Å². The van der Waals surface area contributed by atoms with Crippen molar-refractivity contribution in [2.75, 3.05) is 0 Å². The summed E-state index contributed by atoms with van der Waals surface area (Å²) in [6.45, 7) is 5.99. The van der Waals surface area contributed by atoms with E-state index in [2.05, 4.69) is 16.0 Å². The Morgan fingerprint density at radius 3 is 1.66 bits per heavy atom. The summed E-state index contributed by atoms with van der Waals surface area (Å²) < 4.78 is 0. The summed E-state index contributed by atoms with van der Waals surface area (Å²) in [5, 5.41) is 35.7. The second-order valence-electron chi connectivity index (χ2n) is 7.77. The third kappa shape index (κ3) is 9.58. The van der Waals surface area contributed by atoms with Gasteiger partial charge in [0.1, 0.15) is 18.1 Å². The van der Waals surface area contributed by atoms with Crippen LogP contribution in [-0.4, -0.2) is 81.3 Å². The molecule has 0 aliphatic heterocycles. The van der Waals surface area contributed by atoms with Crippen molar-refractivity contribution in [3.05, 3.63) is 0 Å². The number of carboxylic acid groups (broad SMARTS) is 1. The third-order valence-corrected chi connectivity index (χ3v) is 4.98. The van der Waals surface area contributed by atoms with Gasteiger partial charge in [0.15, 0.2) is 0 Å². The number of nitrogens with one attached hydrogen (secondary N) is 3. The molecule has 7 unspecified atom stereocenters. The average molecular weight is 462 g/mol. The van der Waals surface area contributed by atoms with Crippen LogP contribution in [0.2, 0.25) is 0 Å². The zero-order valence-corrected chi connectivity index (χ0v) is 18.7. The van der Waals surface area contributed by atoms with Crippen molar-refractivity contribution >= 4 is 29.6 Å². The number of rotatable bonds is 14. The molecule has 13 heteroatoms. The van der Waals surface area contributed by atoms with Crippen LogP contribution in [0.3, 0.4) is 0 Å². The van der Waals surface area contributed by atoms with Gasteiger partial charge in [-0.05, 0) is 26.2 Å². The molecule has 4 amide bonds.